The van der Waals surface area contributed by atoms with Gasteiger partial charge in [-0.3, -0.25) is 4.79 Å². The predicted molar refractivity (Wildman–Crippen MR) is 103 cm³/mol. The summed E-state index contributed by atoms with van der Waals surface area (Å²) >= 11 is 6.26. The maximum absolute atomic E-state index is 11.6. The lowest BCUT2D eigenvalue weighted by Gasteiger charge is -2.06. The summed E-state index contributed by atoms with van der Waals surface area (Å²) in [4.78, 5) is 12.3. The molecule has 122 valence electrons. The van der Waals surface area contributed by atoms with E-state index >= 15 is 0 Å². The number of rotatable bonds is 6. The monoisotopic (exact) mass is 355 g/mol. The summed E-state index contributed by atoms with van der Waals surface area (Å²) in [6.45, 7) is 0.682. The quantitative estimate of drug-likeness (QED) is 0.479. The average molecular weight is 355 g/mol. The highest BCUT2D eigenvalue weighted by molar-refractivity contribution is 8.26. The summed E-state index contributed by atoms with van der Waals surface area (Å²) in [6.07, 6.45) is 3.82. The Morgan fingerprint density at radius 3 is 2.50 bits per heavy atom. The number of nitrogens with one attached hydrogen (secondary N) is 1. The summed E-state index contributed by atoms with van der Waals surface area (Å²) in [6, 6.07) is 18.1. The van der Waals surface area contributed by atoms with Crippen LogP contribution in [-0.2, 0) is 11.2 Å². The first-order valence-electron chi connectivity index (χ1n) is 7.72. The second kappa shape index (κ2) is 8.13. The van der Waals surface area contributed by atoms with Crippen LogP contribution in [-0.4, -0.2) is 16.8 Å². The standard InChI is InChI=1S/C19H17NO2S2/c21-18-17(24-19(23)20-18)13-15-8-10-16(11-9-15)22-12-4-7-14-5-2-1-3-6-14/h1-3,5-6,8-11,13H,4,7,12H2,(H,20,21,23). The number of hydrogen-bond acceptors (Lipinski definition) is 4. The third kappa shape index (κ3) is 4.69. The lowest BCUT2D eigenvalue weighted by Crippen LogP contribution is -2.17. The lowest BCUT2D eigenvalue weighted by molar-refractivity contribution is -0.115. The maximum Gasteiger partial charge on any atom is 0.263 e. The van der Waals surface area contributed by atoms with Gasteiger partial charge in [0.15, 0.2) is 0 Å². The van der Waals surface area contributed by atoms with Crippen LogP contribution in [0.25, 0.3) is 6.08 Å². The Hall–Kier alpha value is -2.11. The highest BCUT2D eigenvalue weighted by atomic mass is 32.2. The third-order valence-corrected chi connectivity index (χ3v) is 4.70. The van der Waals surface area contributed by atoms with Gasteiger partial charge in [-0.05, 0) is 42.2 Å². The zero-order valence-corrected chi connectivity index (χ0v) is 14.7. The van der Waals surface area contributed by atoms with Crippen molar-refractivity contribution in [1.29, 1.82) is 0 Å². The molecule has 0 aliphatic carbocycles. The Kier molecular flexibility index (Phi) is 5.67. The normalized spacial score (nSPS) is 15.6. The molecule has 1 amide bonds. The van der Waals surface area contributed by atoms with E-state index in [2.05, 4.69) is 29.6 Å². The largest absolute Gasteiger partial charge is 0.494 e. The highest BCUT2D eigenvalue weighted by Crippen LogP contribution is 2.26. The fourth-order valence-electron chi connectivity index (χ4n) is 2.34. The molecule has 0 radical (unpaired) electrons. The van der Waals surface area contributed by atoms with Gasteiger partial charge in [-0.1, -0.05) is 66.4 Å². The van der Waals surface area contributed by atoms with E-state index in [1.54, 1.807) is 0 Å². The minimum Gasteiger partial charge on any atom is -0.494 e. The summed E-state index contributed by atoms with van der Waals surface area (Å²) < 4.78 is 6.27. The third-order valence-electron chi connectivity index (χ3n) is 3.54. The van der Waals surface area contributed by atoms with E-state index < -0.39 is 0 Å². The number of aryl methyl sites for hydroxylation is 1. The number of carbonyl (C=O) groups excluding carboxylic acids is 1. The molecular weight excluding hydrogens is 338 g/mol. The molecule has 1 aliphatic heterocycles. The molecule has 1 heterocycles. The fraction of sp³-hybridized carbons (Fsp3) is 0.158. The smallest absolute Gasteiger partial charge is 0.263 e. The van der Waals surface area contributed by atoms with Crippen molar-refractivity contribution >= 4 is 40.3 Å². The molecule has 1 N–H and O–H groups in total. The topological polar surface area (TPSA) is 38.3 Å². The van der Waals surface area contributed by atoms with Gasteiger partial charge in [0, 0.05) is 0 Å². The van der Waals surface area contributed by atoms with Crippen molar-refractivity contribution in [2.45, 2.75) is 12.8 Å². The Morgan fingerprint density at radius 2 is 1.83 bits per heavy atom. The van der Waals surface area contributed by atoms with E-state index in [0.29, 0.717) is 15.8 Å². The number of thioether (sulfide) groups is 1. The molecule has 0 atom stereocenters. The van der Waals surface area contributed by atoms with Crippen molar-refractivity contribution in [2.24, 2.45) is 0 Å². The van der Waals surface area contributed by atoms with Crippen molar-refractivity contribution in [1.82, 2.24) is 5.32 Å². The van der Waals surface area contributed by atoms with Crippen molar-refractivity contribution in [2.75, 3.05) is 6.61 Å². The summed E-state index contributed by atoms with van der Waals surface area (Å²) in [5.41, 5.74) is 2.28. The van der Waals surface area contributed by atoms with Gasteiger partial charge in [0.05, 0.1) is 11.5 Å². The van der Waals surface area contributed by atoms with E-state index in [1.165, 1.54) is 17.3 Å². The average Bonchev–Trinajstić information content (AvgIpc) is 2.91. The highest BCUT2D eigenvalue weighted by Gasteiger charge is 2.21. The van der Waals surface area contributed by atoms with Crippen molar-refractivity contribution in [3.8, 4) is 5.75 Å². The van der Waals surface area contributed by atoms with Crippen LogP contribution in [0.4, 0.5) is 0 Å². The zero-order valence-electron chi connectivity index (χ0n) is 13.0. The number of ether oxygens (including phenoxy) is 1. The van der Waals surface area contributed by atoms with Crippen LogP contribution in [0.2, 0.25) is 0 Å². The first-order chi connectivity index (χ1) is 11.7. The molecule has 1 aliphatic rings. The molecule has 24 heavy (non-hydrogen) atoms. The van der Waals surface area contributed by atoms with Crippen LogP contribution in [0.3, 0.4) is 0 Å². The van der Waals surface area contributed by atoms with Gasteiger partial charge in [-0.2, -0.15) is 0 Å². The van der Waals surface area contributed by atoms with Gasteiger partial charge in [-0.25, -0.2) is 0 Å². The van der Waals surface area contributed by atoms with Gasteiger partial charge < -0.3 is 10.1 Å². The first kappa shape index (κ1) is 16.7. The molecule has 0 saturated carbocycles. The number of carbonyl (C=O) groups is 1. The first-order valence-corrected chi connectivity index (χ1v) is 8.95. The Morgan fingerprint density at radius 1 is 1.08 bits per heavy atom. The van der Waals surface area contributed by atoms with Gasteiger partial charge in [-0.15, -0.1) is 0 Å². The number of benzene rings is 2. The van der Waals surface area contributed by atoms with Gasteiger partial charge in [0.2, 0.25) is 0 Å². The lowest BCUT2D eigenvalue weighted by atomic mass is 10.1. The molecule has 2 aromatic rings. The van der Waals surface area contributed by atoms with Crippen LogP contribution >= 0.6 is 24.0 Å². The van der Waals surface area contributed by atoms with Gasteiger partial charge in [0.25, 0.3) is 5.91 Å². The molecule has 0 unspecified atom stereocenters. The second-order valence-corrected chi connectivity index (χ2v) is 7.08. The van der Waals surface area contributed by atoms with Crippen molar-refractivity contribution in [3.63, 3.8) is 0 Å². The number of hydrogen-bond donors (Lipinski definition) is 1. The molecule has 3 rings (SSSR count). The number of thiocarbonyl (C=S) groups is 1. The molecule has 1 fully saturated rings. The van der Waals surface area contributed by atoms with E-state index in [4.69, 9.17) is 17.0 Å². The predicted octanol–water partition coefficient (Wildman–Crippen LogP) is 4.19. The van der Waals surface area contributed by atoms with Crippen LogP contribution in [0, 0.1) is 0 Å². The SMILES string of the molecule is O=C1NC(=S)SC1=Cc1ccc(OCCCc2ccccc2)cc1. The molecule has 0 bridgehead atoms. The van der Waals surface area contributed by atoms with E-state index in [-0.39, 0.29) is 5.91 Å². The Balaban J connectivity index is 1.49. The molecular formula is C19H17NO2S2. The minimum absolute atomic E-state index is 0.133. The van der Waals surface area contributed by atoms with Crippen molar-refractivity contribution < 1.29 is 9.53 Å². The van der Waals surface area contributed by atoms with Crippen LogP contribution in [0.5, 0.6) is 5.75 Å². The van der Waals surface area contributed by atoms with Crippen LogP contribution in [0.15, 0.2) is 59.5 Å². The minimum atomic E-state index is -0.133. The molecule has 1 saturated heterocycles. The summed E-state index contributed by atoms with van der Waals surface area (Å²) in [5, 5.41) is 2.61. The van der Waals surface area contributed by atoms with Crippen LogP contribution < -0.4 is 10.1 Å². The van der Waals surface area contributed by atoms with E-state index in [9.17, 15) is 4.79 Å². The van der Waals surface area contributed by atoms with Gasteiger partial charge >= 0.3 is 0 Å². The Labute approximate surface area is 151 Å². The molecule has 3 nitrogen and oxygen atoms in total. The summed E-state index contributed by atoms with van der Waals surface area (Å²) in [7, 11) is 0. The van der Waals surface area contributed by atoms with Crippen LogP contribution in [0.1, 0.15) is 17.5 Å². The molecule has 0 spiro atoms. The zero-order chi connectivity index (χ0) is 16.8. The maximum atomic E-state index is 11.6. The molecule has 0 aromatic heterocycles. The fourth-order valence-corrected chi connectivity index (χ4v) is 3.39. The second-order valence-electron chi connectivity index (χ2n) is 5.36. The van der Waals surface area contributed by atoms with E-state index in [0.717, 1.165) is 24.2 Å². The molecule has 5 heteroatoms. The number of amides is 1. The van der Waals surface area contributed by atoms with E-state index in [1.807, 2.05) is 36.4 Å². The molecule has 2 aromatic carbocycles. The van der Waals surface area contributed by atoms with Gasteiger partial charge in [0.1, 0.15) is 10.1 Å². The summed E-state index contributed by atoms with van der Waals surface area (Å²) in [5.74, 6) is 0.704. The Bertz CT molecular complexity index is 755. The van der Waals surface area contributed by atoms with Crippen molar-refractivity contribution in [3.05, 3.63) is 70.6 Å².